The topological polar surface area (TPSA) is 38.3 Å². The SMILES string of the molecule is CCCCCC(=O)NCCCOCC(F)(F)F. The molecule has 0 aromatic heterocycles. The Morgan fingerprint density at radius 1 is 1.24 bits per heavy atom. The van der Waals surface area contributed by atoms with Crippen LogP contribution in [0, 0.1) is 0 Å². The Balaban J connectivity index is 3.25. The van der Waals surface area contributed by atoms with E-state index in [-0.39, 0.29) is 12.5 Å². The van der Waals surface area contributed by atoms with Crippen molar-refractivity contribution in [2.45, 2.75) is 45.2 Å². The van der Waals surface area contributed by atoms with Gasteiger partial charge in [-0.2, -0.15) is 13.2 Å². The van der Waals surface area contributed by atoms with Crippen LogP contribution in [-0.2, 0) is 9.53 Å². The van der Waals surface area contributed by atoms with Gasteiger partial charge < -0.3 is 10.1 Å². The van der Waals surface area contributed by atoms with E-state index >= 15 is 0 Å². The monoisotopic (exact) mass is 255 g/mol. The first-order chi connectivity index (χ1) is 7.95. The molecule has 102 valence electrons. The van der Waals surface area contributed by atoms with E-state index < -0.39 is 12.8 Å². The summed E-state index contributed by atoms with van der Waals surface area (Å²) in [7, 11) is 0. The Morgan fingerprint density at radius 2 is 1.94 bits per heavy atom. The zero-order valence-electron chi connectivity index (χ0n) is 10.1. The summed E-state index contributed by atoms with van der Waals surface area (Å²) in [6.07, 6.45) is -0.468. The van der Waals surface area contributed by atoms with Gasteiger partial charge in [-0.1, -0.05) is 19.8 Å². The predicted molar refractivity (Wildman–Crippen MR) is 58.6 cm³/mol. The summed E-state index contributed by atoms with van der Waals surface area (Å²) in [6, 6.07) is 0. The number of carbonyl (C=O) groups excluding carboxylic acids is 1. The first-order valence-electron chi connectivity index (χ1n) is 5.87. The van der Waals surface area contributed by atoms with Crippen LogP contribution in [0.25, 0.3) is 0 Å². The average Bonchev–Trinajstić information content (AvgIpc) is 2.22. The summed E-state index contributed by atoms with van der Waals surface area (Å²) < 4.78 is 39.4. The summed E-state index contributed by atoms with van der Waals surface area (Å²) in [4.78, 5) is 11.2. The molecule has 3 nitrogen and oxygen atoms in total. The lowest BCUT2D eigenvalue weighted by atomic mass is 10.2. The van der Waals surface area contributed by atoms with E-state index in [2.05, 4.69) is 17.0 Å². The molecule has 1 N–H and O–H groups in total. The normalized spacial score (nSPS) is 11.5. The minimum absolute atomic E-state index is 0.00868. The van der Waals surface area contributed by atoms with Crippen LogP contribution in [0.3, 0.4) is 0 Å². The molecular weight excluding hydrogens is 235 g/mol. The zero-order valence-corrected chi connectivity index (χ0v) is 10.1. The summed E-state index contributed by atoms with van der Waals surface area (Å²) >= 11 is 0. The van der Waals surface area contributed by atoms with E-state index in [0.29, 0.717) is 19.4 Å². The van der Waals surface area contributed by atoms with Gasteiger partial charge in [0.15, 0.2) is 0 Å². The van der Waals surface area contributed by atoms with Crippen molar-refractivity contribution in [1.82, 2.24) is 5.32 Å². The van der Waals surface area contributed by atoms with Crippen molar-refractivity contribution in [3.8, 4) is 0 Å². The molecule has 0 unspecified atom stereocenters. The molecule has 0 heterocycles. The highest BCUT2D eigenvalue weighted by Crippen LogP contribution is 2.14. The van der Waals surface area contributed by atoms with Gasteiger partial charge in [0.25, 0.3) is 0 Å². The van der Waals surface area contributed by atoms with Gasteiger partial charge in [-0.05, 0) is 12.8 Å². The minimum Gasteiger partial charge on any atom is -0.372 e. The summed E-state index contributed by atoms with van der Waals surface area (Å²) in [5, 5.41) is 2.64. The van der Waals surface area contributed by atoms with Gasteiger partial charge in [0.2, 0.25) is 5.91 Å². The van der Waals surface area contributed by atoms with Gasteiger partial charge in [-0.3, -0.25) is 4.79 Å². The van der Waals surface area contributed by atoms with Crippen LogP contribution in [0.4, 0.5) is 13.2 Å². The van der Waals surface area contributed by atoms with E-state index in [0.717, 1.165) is 19.3 Å². The van der Waals surface area contributed by atoms with Crippen LogP contribution in [0.2, 0.25) is 0 Å². The third-order valence-electron chi connectivity index (χ3n) is 2.06. The molecule has 0 aliphatic carbocycles. The fourth-order valence-corrected chi connectivity index (χ4v) is 1.21. The van der Waals surface area contributed by atoms with Gasteiger partial charge in [0.1, 0.15) is 6.61 Å². The predicted octanol–water partition coefficient (Wildman–Crippen LogP) is 2.65. The molecule has 0 aromatic carbocycles. The summed E-state index contributed by atoms with van der Waals surface area (Å²) in [5.41, 5.74) is 0. The molecule has 0 saturated heterocycles. The molecule has 1 amide bonds. The Labute approximate surface area is 99.7 Å². The number of hydrogen-bond acceptors (Lipinski definition) is 2. The average molecular weight is 255 g/mol. The van der Waals surface area contributed by atoms with Gasteiger partial charge in [0.05, 0.1) is 0 Å². The lowest BCUT2D eigenvalue weighted by molar-refractivity contribution is -0.174. The second kappa shape index (κ2) is 9.27. The van der Waals surface area contributed by atoms with E-state index in [4.69, 9.17) is 0 Å². The largest absolute Gasteiger partial charge is 0.411 e. The molecular formula is C11H20F3NO2. The Bertz CT molecular complexity index is 207. The van der Waals surface area contributed by atoms with Crippen LogP contribution in [0.15, 0.2) is 0 Å². The highest BCUT2D eigenvalue weighted by atomic mass is 19.4. The first-order valence-corrected chi connectivity index (χ1v) is 5.87. The van der Waals surface area contributed by atoms with Crippen molar-refractivity contribution in [1.29, 1.82) is 0 Å². The second-order valence-electron chi connectivity index (χ2n) is 3.83. The third kappa shape index (κ3) is 13.2. The van der Waals surface area contributed by atoms with E-state index in [1.165, 1.54) is 0 Å². The number of carbonyl (C=O) groups is 1. The van der Waals surface area contributed by atoms with Crippen LogP contribution in [-0.4, -0.2) is 31.8 Å². The second-order valence-corrected chi connectivity index (χ2v) is 3.83. The van der Waals surface area contributed by atoms with Crippen LogP contribution in [0.1, 0.15) is 39.0 Å². The standard InChI is InChI=1S/C11H20F3NO2/c1-2-3-4-6-10(16)15-7-5-8-17-9-11(12,13)14/h2-9H2,1H3,(H,15,16). The highest BCUT2D eigenvalue weighted by molar-refractivity contribution is 5.75. The van der Waals surface area contributed by atoms with Crippen molar-refractivity contribution < 1.29 is 22.7 Å². The molecule has 0 aliphatic heterocycles. The fourth-order valence-electron chi connectivity index (χ4n) is 1.21. The molecule has 0 bridgehead atoms. The molecule has 6 heteroatoms. The highest BCUT2D eigenvalue weighted by Gasteiger charge is 2.27. The number of nitrogens with one attached hydrogen (secondary N) is 1. The fraction of sp³-hybridized carbons (Fsp3) is 0.909. The molecule has 0 saturated carbocycles. The minimum atomic E-state index is -4.27. The van der Waals surface area contributed by atoms with Crippen molar-refractivity contribution in [2.75, 3.05) is 19.8 Å². The Hall–Kier alpha value is -0.780. The quantitative estimate of drug-likeness (QED) is 0.643. The molecule has 0 aromatic rings. The van der Waals surface area contributed by atoms with Crippen LogP contribution < -0.4 is 5.32 Å². The zero-order chi connectivity index (χ0) is 13.1. The van der Waals surface area contributed by atoms with Crippen molar-refractivity contribution in [3.05, 3.63) is 0 Å². The number of ether oxygens (including phenoxy) is 1. The number of amides is 1. The van der Waals surface area contributed by atoms with Crippen molar-refractivity contribution >= 4 is 5.91 Å². The van der Waals surface area contributed by atoms with Gasteiger partial charge in [-0.15, -0.1) is 0 Å². The molecule has 0 atom stereocenters. The summed E-state index contributed by atoms with van der Waals surface area (Å²) in [6.45, 7) is 1.20. The lowest BCUT2D eigenvalue weighted by Gasteiger charge is -2.08. The van der Waals surface area contributed by atoms with Crippen molar-refractivity contribution in [2.24, 2.45) is 0 Å². The molecule has 0 fully saturated rings. The van der Waals surface area contributed by atoms with Gasteiger partial charge in [-0.25, -0.2) is 0 Å². The number of rotatable bonds is 9. The molecule has 17 heavy (non-hydrogen) atoms. The first kappa shape index (κ1) is 16.2. The molecule has 0 rings (SSSR count). The van der Waals surface area contributed by atoms with Gasteiger partial charge in [0, 0.05) is 19.6 Å². The van der Waals surface area contributed by atoms with E-state index in [1.54, 1.807) is 0 Å². The van der Waals surface area contributed by atoms with Crippen LogP contribution >= 0.6 is 0 Å². The maximum atomic E-state index is 11.7. The van der Waals surface area contributed by atoms with Crippen molar-refractivity contribution in [3.63, 3.8) is 0 Å². The maximum absolute atomic E-state index is 11.7. The maximum Gasteiger partial charge on any atom is 0.411 e. The van der Waals surface area contributed by atoms with E-state index in [1.807, 2.05) is 0 Å². The number of unbranched alkanes of at least 4 members (excludes halogenated alkanes) is 2. The van der Waals surface area contributed by atoms with E-state index in [9.17, 15) is 18.0 Å². The molecule has 0 aliphatic rings. The smallest absolute Gasteiger partial charge is 0.372 e. The molecule has 0 spiro atoms. The third-order valence-corrected chi connectivity index (χ3v) is 2.06. The Kier molecular flexibility index (Phi) is 8.85. The Morgan fingerprint density at radius 3 is 2.53 bits per heavy atom. The number of halogens is 3. The molecule has 0 radical (unpaired) electrons. The lowest BCUT2D eigenvalue weighted by Crippen LogP contribution is -2.25. The number of hydrogen-bond donors (Lipinski definition) is 1. The number of alkyl halides is 3. The van der Waals surface area contributed by atoms with Crippen LogP contribution in [0.5, 0.6) is 0 Å². The summed E-state index contributed by atoms with van der Waals surface area (Å²) in [5.74, 6) is -0.0470. The van der Waals surface area contributed by atoms with Gasteiger partial charge >= 0.3 is 6.18 Å².